The van der Waals surface area contributed by atoms with E-state index in [-0.39, 0.29) is 5.91 Å². The van der Waals surface area contributed by atoms with Crippen molar-refractivity contribution < 1.29 is 4.79 Å². The smallest absolute Gasteiger partial charge is 0.257 e. The molecule has 5 nitrogen and oxygen atoms in total. The summed E-state index contributed by atoms with van der Waals surface area (Å²) >= 11 is 3.39. The van der Waals surface area contributed by atoms with Gasteiger partial charge in [0, 0.05) is 43.4 Å². The normalized spacial score (nSPS) is 16.2. The monoisotopic (exact) mass is 340 g/mol. The molecule has 0 radical (unpaired) electrons. The van der Waals surface area contributed by atoms with Gasteiger partial charge in [-0.1, -0.05) is 6.92 Å². The molecule has 1 aliphatic heterocycles. The highest BCUT2D eigenvalue weighted by Crippen LogP contribution is 2.20. The number of hydrogen-bond acceptors (Lipinski definition) is 4. The molecule has 1 saturated heterocycles. The van der Waals surface area contributed by atoms with Gasteiger partial charge in [0.25, 0.3) is 5.91 Å². The molecule has 1 aliphatic rings. The Bertz CT molecular complexity index is 472. The SMILES string of the molecule is CCNc1ncc(Br)cc1C(=O)N1CCN(CC)CC1. The Hall–Kier alpha value is -1.14. The molecule has 0 aromatic carbocycles. The van der Waals surface area contributed by atoms with Gasteiger partial charge in [-0.15, -0.1) is 0 Å². The van der Waals surface area contributed by atoms with E-state index in [2.05, 4.69) is 38.1 Å². The lowest BCUT2D eigenvalue weighted by Gasteiger charge is -2.34. The minimum absolute atomic E-state index is 0.0607. The summed E-state index contributed by atoms with van der Waals surface area (Å²) in [7, 11) is 0. The van der Waals surface area contributed by atoms with Crippen molar-refractivity contribution in [3.8, 4) is 0 Å². The van der Waals surface area contributed by atoms with Gasteiger partial charge in [0.05, 0.1) is 5.56 Å². The van der Waals surface area contributed by atoms with Crippen molar-refractivity contribution in [1.82, 2.24) is 14.8 Å². The Balaban J connectivity index is 2.14. The van der Waals surface area contributed by atoms with E-state index in [1.54, 1.807) is 6.20 Å². The van der Waals surface area contributed by atoms with Crippen molar-refractivity contribution in [1.29, 1.82) is 0 Å². The first-order chi connectivity index (χ1) is 9.65. The number of pyridine rings is 1. The zero-order chi connectivity index (χ0) is 14.5. The van der Waals surface area contributed by atoms with E-state index in [1.807, 2.05) is 17.9 Å². The van der Waals surface area contributed by atoms with Crippen molar-refractivity contribution in [2.24, 2.45) is 0 Å². The van der Waals surface area contributed by atoms with E-state index < -0.39 is 0 Å². The number of amides is 1. The minimum Gasteiger partial charge on any atom is -0.370 e. The van der Waals surface area contributed by atoms with Crippen LogP contribution in [-0.2, 0) is 0 Å². The molecule has 1 amide bonds. The van der Waals surface area contributed by atoms with E-state index in [9.17, 15) is 4.79 Å². The second-order valence-corrected chi connectivity index (χ2v) is 5.72. The third kappa shape index (κ3) is 3.49. The number of carbonyl (C=O) groups is 1. The number of nitrogens with one attached hydrogen (secondary N) is 1. The van der Waals surface area contributed by atoms with Crippen LogP contribution in [-0.4, -0.2) is 60.0 Å². The molecule has 2 rings (SSSR count). The Morgan fingerprint density at radius 3 is 2.65 bits per heavy atom. The van der Waals surface area contributed by atoms with Gasteiger partial charge >= 0.3 is 0 Å². The lowest BCUT2D eigenvalue weighted by Crippen LogP contribution is -2.48. The molecule has 2 heterocycles. The van der Waals surface area contributed by atoms with E-state index >= 15 is 0 Å². The number of halogens is 1. The number of hydrogen-bond donors (Lipinski definition) is 1. The fourth-order valence-electron chi connectivity index (χ4n) is 2.35. The second kappa shape index (κ2) is 7.04. The maximum absolute atomic E-state index is 12.6. The molecular weight excluding hydrogens is 320 g/mol. The van der Waals surface area contributed by atoms with Crippen molar-refractivity contribution in [3.05, 3.63) is 22.3 Å². The van der Waals surface area contributed by atoms with E-state index in [0.29, 0.717) is 11.4 Å². The minimum atomic E-state index is 0.0607. The number of anilines is 1. The number of nitrogens with zero attached hydrogens (tertiary/aromatic N) is 3. The van der Waals surface area contributed by atoms with Gasteiger partial charge in [0.2, 0.25) is 0 Å². The first-order valence-electron chi connectivity index (χ1n) is 7.06. The first-order valence-corrected chi connectivity index (χ1v) is 7.86. The van der Waals surface area contributed by atoms with E-state index in [1.165, 1.54) is 0 Å². The lowest BCUT2D eigenvalue weighted by molar-refractivity contribution is 0.0644. The van der Waals surface area contributed by atoms with Crippen LogP contribution in [0.5, 0.6) is 0 Å². The van der Waals surface area contributed by atoms with Crippen LogP contribution in [0.2, 0.25) is 0 Å². The van der Waals surface area contributed by atoms with Gasteiger partial charge in [-0.25, -0.2) is 4.98 Å². The molecule has 6 heteroatoms. The molecule has 0 bridgehead atoms. The van der Waals surface area contributed by atoms with Crippen LogP contribution in [0.25, 0.3) is 0 Å². The molecule has 0 aliphatic carbocycles. The standard InChI is InChI=1S/C14H21BrN4O/c1-3-16-13-12(9-11(15)10-17-13)14(20)19-7-5-18(4-2)6-8-19/h9-10H,3-8H2,1-2H3,(H,16,17). The quantitative estimate of drug-likeness (QED) is 0.911. The zero-order valence-corrected chi connectivity index (χ0v) is 13.6. The topological polar surface area (TPSA) is 48.5 Å². The summed E-state index contributed by atoms with van der Waals surface area (Å²) in [5.74, 6) is 0.726. The van der Waals surface area contributed by atoms with Crippen LogP contribution in [0.15, 0.2) is 16.7 Å². The molecule has 0 spiro atoms. The van der Waals surface area contributed by atoms with Gasteiger partial charge in [0.15, 0.2) is 0 Å². The summed E-state index contributed by atoms with van der Waals surface area (Å²) in [6.07, 6.45) is 1.71. The fourth-order valence-corrected chi connectivity index (χ4v) is 2.68. The lowest BCUT2D eigenvalue weighted by atomic mass is 10.2. The number of piperazine rings is 1. The van der Waals surface area contributed by atoms with Crippen LogP contribution in [0.4, 0.5) is 5.82 Å². The maximum atomic E-state index is 12.6. The molecule has 0 atom stereocenters. The molecule has 0 saturated carbocycles. The van der Waals surface area contributed by atoms with Crippen molar-refractivity contribution in [2.75, 3.05) is 44.6 Å². The average Bonchev–Trinajstić information content (AvgIpc) is 2.48. The van der Waals surface area contributed by atoms with Crippen LogP contribution in [0.3, 0.4) is 0 Å². The van der Waals surface area contributed by atoms with Crippen molar-refractivity contribution >= 4 is 27.7 Å². The third-order valence-electron chi connectivity index (χ3n) is 3.54. The highest BCUT2D eigenvalue weighted by molar-refractivity contribution is 9.10. The number of aromatic nitrogens is 1. The molecule has 20 heavy (non-hydrogen) atoms. The van der Waals surface area contributed by atoms with Crippen molar-refractivity contribution in [2.45, 2.75) is 13.8 Å². The van der Waals surface area contributed by atoms with Gasteiger partial charge in [-0.05, 0) is 35.5 Å². The Morgan fingerprint density at radius 1 is 1.35 bits per heavy atom. The summed E-state index contributed by atoms with van der Waals surface area (Å²) in [5, 5.41) is 3.15. The van der Waals surface area contributed by atoms with Crippen LogP contribution >= 0.6 is 15.9 Å². The van der Waals surface area contributed by atoms with Crippen LogP contribution < -0.4 is 5.32 Å². The van der Waals surface area contributed by atoms with Crippen molar-refractivity contribution in [3.63, 3.8) is 0 Å². The van der Waals surface area contributed by atoms with E-state index in [0.717, 1.165) is 43.7 Å². The summed E-state index contributed by atoms with van der Waals surface area (Å²) < 4.78 is 0.828. The van der Waals surface area contributed by atoms with Gasteiger partial charge in [0.1, 0.15) is 5.82 Å². The van der Waals surface area contributed by atoms with Crippen LogP contribution in [0.1, 0.15) is 24.2 Å². The summed E-state index contributed by atoms with van der Waals surface area (Å²) in [6.45, 7) is 9.40. The molecular formula is C14H21BrN4O. The van der Waals surface area contributed by atoms with Gasteiger partial charge in [-0.2, -0.15) is 0 Å². The molecule has 1 aromatic rings. The Labute approximate surface area is 128 Å². The fraction of sp³-hybridized carbons (Fsp3) is 0.571. The highest BCUT2D eigenvalue weighted by atomic mass is 79.9. The predicted octanol–water partition coefficient (Wildman–Crippen LogP) is 2.05. The molecule has 1 aromatic heterocycles. The zero-order valence-electron chi connectivity index (χ0n) is 12.0. The van der Waals surface area contributed by atoms with Gasteiger partial charge in [-0.3, -0.25) is 4.79 Å². The molecule has 1 N–H and O–H groups in total. The average molecular weight is 341 g/mol. The predicted molar refractivity (Wildman–Crippen MR) is 84.1 cm³/mol. The van der Waals surface area contributed by atoms with E-state index in [4.69, 9.17) is 0 Å². The summed E-state index contributed by atoms with van der Waals surface area (Å²) in [5.41, 5.74) is 0.645. The third-order valence-corrected chi connectivity index (χ3v) is 3.97. The Kier molecular flexibility index (Phi) is 5.37. The number of rotatable bonds is 4. The Morgan fingerprint density at radius 2 is 2.05 bits per heavy atom. The summed E-state index contributed by atoms with van der Waals surface area (Å²) in [6, 6.07) is 1.85. The number of likely N-dealkylation sites (N-methyl/N-ethyl adjacent to an activating group) is 1. The second-order valence-electron chi connectivity index (χ2n) is 4.81. The maximum Gasteiger partial charge on any atom is 0.257 e. The summed E-state index contributed by atoms with van der Waals surface area (Å²) in [4.78, 5) is 21.2. The number of carbonyl (C=O) groups excluding carboxylic acids is 1. The van der Waals surface area contributed by atoms with Gasteiger partial charge < -0.3 is 15.1 Å². The molecule has 0 unspecified atom stereocenters. The highest BCUT2D eigenvalue weighted by Gasteiger charge is 2.23. The first kappa shape index (κ1) is 15.3. The largest absolute Gasteiger partial charge is 0.370 e. The molecule has 110 valence electrons. The molecule has 1 fully saturated rings. The van der Waals surface area contributed by atoms with Crippen LogP contribution in [0, 0.1) is 0 Å².